The third kappa shape index (κ3) is 7.96. The van der Waals surface area contributed by atoms with Crippen LogP contribution >= 0.6 is 0 Å². The molecule has 6 nitrogen and oxygen atoms in total. The number of unbranched alkanes of at least 4 members (excludes halogenated alkanes) is 2. The van der Waals surface area contributed by atoms with E-state index in [9.17, 15) is 24.9 Å². The summed E-state index contributed by atoms with van der Waals surface area (Å²) in [5.74, 6) is -2.26. The minimum absolute atomic E-state index is 0. The van der Waals surface area contributed by atoms with Crippen LogP contribution in [0.15, 0.2) is 12.2 Å². The van der Waals surface area contributed by atoms with Crippen LogP contribution in [0.5, 0.6) is 0 Å². The number of carbonyl (C=O) groups is 2. The molecule has 2 N–H and O–H groups in total. The standard InChI is InChI=1S/C18H33NO5.Li/c1-4-7-8-9-10-11-12-19(13-14-20,15(5-2)17(21)22)16(6-3)18(23)24;/h8-9,15-16,20H,4-7,10-14H2,1-3H3,(H-,21,22,23,24);/q;+1/b9-8+;. The topological polar surface area (TPSA) is 97.7 Å². The van der Waals surface area contributed by atoms with E-state index in [1.54, 1.807) is 13.8 Å². The van der Waals surface area contributed by atoms with Crippen LogP contribution in [0, 0.1) is 0 Å². The van der Waals surface area contributed by atoms with Crippen molar-refractivity contribution in [3.05, 3.63) is 12.2 Å². The van der Waals surface area contributed by atoms with Crippen molar-refractivity contribution >= 4 is 11.9 Å². The minimum Gasteiger partial charge on any atom is -0.544 e. The molecule has 25 heavy (non-hydrogen) atoms. The predicted octanol–water partition coefficient (Wildman–Crippen LogP) is -1.67. The molecule has 0 radical (unpaired) electrons. The van der Waals surface area contributed by atoms with Gasteiger partial charge in [-0.2, -0.15) is 0 Å². The summed E-state index contributed by atoms with van der Waals surface area (Å²) in [6.07, 6.45) is 8.24. The van der Waals surface area contributed by atoms with Gasteiger partial charge in [0.25, 0.3) is 0 Å². The third-order valence-electron chi connectivity index (χ3n) is 4.66. The fourth-order valence-electron chi connectivity index (χ4n) is 3.54. The van der Waals surface area contributed by atoms with Crippen molar-refractivity contribution in [2.45, 2.75) is 71.4 Å². The van der Waals surface area contributed by atoms with E-state index >= 15 is 0 Å². The molecule has 0 aromatic rings. The summed E-state index contributed by atoms with van der Waals surface area (Å²) >= 11 is 0. The number of carbonyl (C=O) groups excluding carboxylic acids is 1. The first-order valence-electron chi connectivity index (χ1n) is 8.97. The monoisotopic (exact) mass is 350 g/mol. The summed E-state index contributed by atoms with van der Waals surface area (Å²) in [6.45, 7) is 5.81. The molecule has 0 heterocycles. The fourth-order valence-corrected chi connectivity index (χ4v) is 3.54. The Morgan fingerprint density at radius 2 is 1.60 bits per heavy atom. The molecule has 140 valence electrons. The number of rotatable bonds is 14. The number of carboxylic acids is 2. The number of carboxylic acid groups (broad SMARTS) is 2. The van der Waals surface area contributed by atoms with Crippen LogP contribution in [0.25, 0.3) is 0 Å². The van der Waals surface area contributed by atoms with Gasteiger partial charge in [0.1, 0.15) is 12.6 Å². The number of aliphatic hydroxyl groups excluding tert-OH is 1. The summed E-state index contributed by atoms with van der Waals surface area (Å²) in [6, 6.07) is -1.79. The largest absolute Gasteiger partial charge is 1.00 e. The molecule has 0 saturated heterocycles. The van der Waals surface area contributed by atoms with E-state index in [1.165, 1.54) is 0 Å². The van der Waals surface area contributed by atoms with Crippen molar-refractivity contribution < 1.29 is 48.3 Å². The summed E-state index contributed by atoms with van der Waals surface area (Å²) in [5.41, 5.74) is 0. The van der Waals surface area contributed by atoms with Crippen LogP contribution in [0.4, 0.5) is 0 Å². The maximum Gasteiger partial charge on any atom is 1.00 e. The van der Waals surface area contributed by atoms with E-state index in [0.717, 1.165) is 19.3 Å². The first-order chi connectivity index (χ1) is 11.4. The van der Waals surface area contributed by atoms with Crippen molar-refractivity contribution in [2.75, 3.05) is 19.7 Å². The first kappa shape index (κ1) is 26.4. The number of aliphatic hydroxyl groups is 1. The molecular weight excluding hydrogens is 317 g/mol. The zero-order valence-electron chi connectivity index (χ0n) is 16.2. The molecule has 0 spiro atoms. The molecule has 0 aromatic heterocycles. The Balaban J connectivity index is 0. The van der Waals surface area contributed by atoms with Crippen molar-refractivity contribution in [2.24, 2.45) is 0 Å². The summed E-state index contributed by atoms with van der Waals surface area (Å²) in [7, 11) is 0. The molecule has 0 aliphatic carbocycles. The van der Waals surface area contributed by atoms with Gasteiger partial charge in [-0.1, -0.05) is 39.3 Å². The van der Waals surface area contributed by atoms with Crippen molar-refractivity contribution in [1.29, 1.82) is 0 Å². The number of hydrogen-bond acceptors (Lipinski definition) is 4. The Hall–Kier alpha value is -0.803. The summed E-state index contributed by atoms with van der Waals surface area (Å²) in [5, 5.41) is 30.8. The second-order valence-electron chi connectivity index (χ2n) is 6.18. The van der Waals surface area contributed by atoms with Gasteiger partial charge in [0.15, 0.2) is 6.04 Å². The second-order valence-corrected chi connectivity index (χ2v) is 6.18. The van der Waals surface area contributed by atoms with Gasteiger partial charge >= 0.3 is 24.8 Å². The van der Waals surface area contributed by atoms with Gasteiger partial charge in [-0.3, -0.25) is 0 Å². The summed E-state index contributed by atoms with van der Waals surface area (Å²) < 4.78 is -0.150. The van der Waals surface area contributed by atoms with E-state index in [-0.39, 0.29) is 42.9 Å². The minimum atomic E-state index is -1.24. The molecule has 0 rings (SSSR count). The zero-order chi connectivity index (χ0) is 18.6. The molecule has 0 aromatic carbocycles. The predicted molar refractivity (Wildman–Crippen MR) is 91.2 cm³/mol. The van der Waals surface area contributed by atoms with Crippen LogP contribution in [0.1, 0.15) is 59.3 Å². The van der Waals surface area contributed by atoms with Gasteiger partial charge in [0, 0.05) is 19.3 Å². The van der Waals surface area contributed by atoms with Crippen LogP contribution < -0.4 is 24.0 Å². The fraction of sp³-hybridized carbons (Fsp3) is 0.778. The van der Waals surface area contributed by atoms with Gasteiger partial charge in [0.2, 0.25) is 0 Å². The molecule has 0 amide bonds. The molecule has 0 aliphatic heterocycles. The van der Waals surface area contributed by atoms with Gasteiger partial charge < -0.3 is 24.6 Å². The molecule has 7 heteroatoms. The number of aliphatic carboxylic acids is 2. The number of nitrogens with zero attached hydrogens (tertiary/aromatic N) is 1. The maximum absolute atomic E-state index is 11.7. The zero-order valence-corrected chi connectivity index (χ0v) is 16.2. The van der Waals surface area contributed by atoms with Crippen LogP contribution in [-0.2, 0) is 9.59 Å². The Kier molecular flexibility index (Phi) is 15.2. The molecule has 3 atom stereocenters. The quantitative estimate of drug-likeness (QED) is 0.169. The maximum atomic E-state index is 11.7. The molecule has 3 unspecified atom stereocenters. The molecule has 0 bridgehead atoms. The van der Waals surface area contributed by atoms with Gasteiger partial charge in [-0.25, -0.2) is 4.79 Å². The van der Waals surface area contributed by atoms with Crippen LogP contribution in [0.3, 0.4) is 0 Å². The Morgan fingerprint density at radius 3 is 2.00 bits per heavy atom. The van der Waals surface area contributed by atoms with E-state index in [0.29, 0.717) is 19.4 Å². The number of allylic oxidation sites excluding steroid dienone is 2. The first-order valence-corrected chi connectivity index (χ1v) is 8.97. The van der Waals surface area contributed by atoms with E-state index in [1.807, 2.05) is 0 Å². The molecule has 0 saturated carbocycles. The molecular formula is C18H33LiNO5+. The average molecular weight is 350 g/mol. The molecule has 0 aliphatic rings. The molecule has 0 fully saturated rings. The average Bonchev–Trinajstić information content (AvgIpc) is 2.51. The SMILES string of the molecule is CCC/C=C/CCC[N+](CCO)(C(CC)C(=O)[O-])C(CC)C(=O)O.[Li+]. The normalized spacial score (nSPS) is 16.0. The third-order valence-corrected chi connectivity index (χ3v) is 4.66. The Morgan fingerprint density at radius 1 is 1.04 bits per heavy atom. The van der Waals surface area contributed by atoms with Crippen LogP contribution in [-0.4, -0.2) is 58.4 Å². The Labute approximate surface area is 163 Å². The van der Waals surface area contributed by atoms with Gasteiger partial charge in [-0.05, 0) is 12.8 Å². The number of quaternary nitrogens is 1. The van der Waals surface area contributed by atoms with E-state index in [2.05, 4.69) is 19.1 Å². The van der Waals surface area contributed by atoms with E-state index < -0.39 is 24.0 Å². The van der Waals surface area contributed by atoms with Gasteiger partial charge in [0.05, 0.1) is 19.1 Å². The van der Waals surface area contributed by atoms with E-state index in [4.69, 9.17) is 0 Å². The van der Waals surface area contributed by atoms with Crippen molar-refractivity contribution in [3.63, 3.8) is 0 Å². The summed E-state index contributed by atoms with van der Waals surface area (Å²) in [4.78, 5) is 23.4. The van der Waals surface area contributed by atoms with Crippen molar-refractivity contribution in [1.82, 2.24) is 0 Å². The van der Waals surface area contributed by atoms with Crippen molar-refractivity contribution in [3.8, 4) is 0 Å². The number of hydrogen-bond donors (Lipinski definition) is 2. The van der Waals surface area contributed by atoms with Crippen LogP contribution in [0.2, 0.25) is 0 Å². The smallest absolute Gasteiger partial charge is 0.544 e. The van der Waals surface area contributed by atoms with Gasteiger partial charge in [-0.15, -0.1) is 0 Å². The second kappa shape index (κ2) is 14.4. The Bertz CT molecular complexity index is 392.